The molecule has 2 aromatic heterocycles. The molecule has 0 atom stereocenters. The maximum atomic E-state index is 13.3. The summed E-state index contributed by atoms with van der Waals surface area (Å²) in [7, 11) is -4.17. The zero-order valence-corrected chi connectivity index (χ0v) is 19.7. The summed E-state index contributed by atoms with van der Waals surface area (Å²) in [6.45, 7) is 8.15. The molecule has 0 unspecified atom stereocenters. The van der Waals surface area contributed by atoms with Crippen molar-refractivity contribution in [2.24, 2.45) is 5.92 Å². The maximum absolute atomic E-state index is 13.3. The van der Waals surface area contributed by atoms with E-state index < -0.39 is 15.9 Å². The zero-order chi connectivity index (χ0) is 23.1. The predicted molar refractivity (Wildman–Crippen MR) is 124 cm³/mol. The number of carbonyl (C=O) groups is 1. The number of aromatic nitrogens is 2. The second kappa shape index (κ2) is 8.35. The standard InChI is InChI=1S/C23H31N5O3S/c1-15-9-12-28(13-10-15)21-17(14-16-6-5-11-23(2,3)20(16)26-21)22(29)27-32(30,31)19-8-4-7-18(24)25-19/h4,7-8,14-15H,5-6,9-13H2,1-3H3,(H2,24,25)(H,27,29). The van der Waals surface area contributed by atoms with Crippen LogP contribution < -0.4 is 15.4 Å². The highest BCUT2D eigenvalue weighted by Gasteiger charge is 2.33. The maximum Gasteiger partial charge on any atom is 0.281 e. The number of hydrogen-bond acceptors (Lipinski definition) is 7. The number of carbonyl (C=O) groups excluding carboxylic acids is 1. The van der Waals surface area contributed by atoms with Gasteiger partial charge in [0.25, 0.3) is 15.9 Å². The summed E-state index contributed by atoms with van der Waals surface area (Å²) in [5, 5.41) is -0.286. The van der Waals surface area contributed by atoms with E-state index in [4.69, 9.17) is 10.7 Å². The van der Waals surface area contributed by atoms with E-state index in [-0.39, 0.29) is 16.3 Å². The highest BCUT2D eigenvalue weighted by Crippen LogP contribution is 2.38. The number of nitrogens with one attached hydrogen (secondary N) is 1. The SMILES string of the molecule is CC1CCN(c2nc3c(cc2C(=O)NS(=O)(=O)c2cccc(N)n2)CCCC3(C)C)CC1. The summed E-state index contributed by atoms with van der Waals surface area (Å²) in [6, 6.07) is 6.14. The molecule has 9 heteroatoms. The van der Waals surface area contributed by atoms with Gasteiger partial charge in [-0.05, 0) is 61.8 Å². The monoisotopic (exact) mass is 457 g/mol. The van der Waals surface area contributed by atoms with Gasteiger partial charge in [0.2, 0.25) is 0 Å². The Bertz CT molecular complexity index is 1140. The van der Waals surface area contributed by atoms with Gasteiger partial charge in [0, 0.05) is 18.5 Å². The summed E-state index contributed by atoms with van der Waals surface area (Å²) < 4.78 is 27.8. The summed E-state index contributed by atoms with van der Waals surface area (Å²) >= 11 is 0. The smallest absolute Gasteiger partial charge is 0.281 e. The lowest BCUT2D eigenvalue weighted by atomic mass is 9.75. The Morgan fingerprint density at radius 3 is 2.62 bits per heavy atom. The number of pyridine rings is 2. The molecule has 0 bridgehead atoms. The van der Waals surface area contributed by atoms with Crippen LogP contribution in [0.1, 0.15) is 68.1 Å². The van der Waals surface area contributed by atoms with Gasteiger partial charge >= 0.3 is 0 Å². The van der Waals surface area contributed by atoms with Gasteiger partial charge in [-0.2, -0.15) is 8.42 Å². The third kappa shape index (κ3) is 4.44. The van der Waals surface area contributed by atoms with Crippen LogP contribution in [0.4, 0.5) is 11.6 Å². The molecular weight excluding hydrogens is 426 g/mol. The second-order valence-corrected chi connectivity index (χ2v) is 11.2. The van der Waals surface area contributed by atoms with Crippen LogP contribution in [0.3, 0.4) is 0 Å². The fourth-order valence-electron chi connectivity index (χ4n) is 4.60. The minimum Gasteiger partial charge on any atom is -0.384 e. The number of aryl methyl sites for hydroxylation is 1. The molecule has 32 heavy (non-hydrogen) atoms. The van der Waals surface area contributed by atoms with Crippen LogP contribution in [0.15, 0.2) is 29.3 Å². The molecular formula is C23H31N5O3S. The Labute approximate surface area is 189 Å². The summed E-state index contributed by atoms with van der Waals surface area (Å²) in [4.78, 5) is 24.2. The first-order chi connectivity index (χ1) is 15.1. The highest BCUT2D eigenvalue weighted by atomic mass is 32.2. The second-order valence-electron chi connectivity index (χ2n) is 9.61. The van der Waals surface area contributed by atoms with E-state index in [1.54, 1.807) is 0 Å². The van der Waals surface area contributed by atoms with Crippen LogP contribution in [-0.4, -0.2) is 37.4 Å². The molecule has 1 amide bonds. The van der Waals surface area contributed by atoms with Gasteiger partial charge in [-0.3, -0.25) is 4.79 Å². The van der Waals surface area contributed by atoms with E-state index in [0.717, 1.165) is 56.5 Å². The molecule has 2 aromatic rings. The zero-order valence-electron chi connectivity index (χ0n) is 18.9. The lowest BCUT2D eigenvalue weighted by Crippen LogP contribution is -2.38. The van der Waals surface area contributed by atoms with E-state index in [0.29, 0.717) is 17.3 Å². The minimum atomic E-state index is -4.17. The van der Waals surface area contributed by atoms with Crippen molar-refractivity contribution in [3.63, 3.8) is 0 Å². The van der Waals surface area contributed by atoms with Crippen LogP contribution in [0, 0.1) is 5.92 Å². The molecule has 0 aromatic carbocycles. The van der Waals surface area contributed by atoms with Crippen molar-refractivity contribution < 1.29 is 13.2 Å². The molecule has 2 aliphatic rings. The number of hydrogen-bond donors (Lipinski definition) is 2. The van der Waals surface area contributed by atoms with E-state index >= 15 is 0 Å². The molecule has 0 spiro atoms. The van der Waals surface area contributed by atoms with Crippen LogP contribution in [-0.2, 0) is 21.9 Å². The fourth-order valence-corrected chi connectivity index (χ4v) is 5.54. The average Bonchev–Trinajstić information content (AvgIpc) is 2.73. The van der Waals surface area contributed by atoms with Gasteiger partial charge in [-0.25, -0.2) is 14.7 Å². The molecule has 1 saturated heterocycles. The first-order valence-electron chi connectivity index (χ1n) is 11.2. The van der Waals surface area contributed by atoms with Gasteiger partial charge in [-0.15, -0.1) is 0 Å². The Hall–Kier alpha value is -2.68. The van der Waals surface area contributed by atoms with Crippen molar-refractivity contribution in [1.82, 2.24) is 14.7 Å². The molecule has 3 heterocycles. The first kappa shape index (κ1) is 22.5. The first-order valence-corrected chi connectivity index (χ1v) is 12.6. The molecule has 3 N–H and O–H groups in total. The minimum absolute atomic E-state index is 0.0705. The lowest BCUT2D eigenvalue weighted by molar-refractivity contribution is 0.0981. The number of nitrogens with two attached hydrogens (primary N) is 1. The number of nitrogen functional groups attached to an aromatic ring is 1. The van der Waals surface area contributed by atoms with Crippen LogP contribution in [0.25, 0.3) is 0 Å². The fraction of sp³-hybridized carbons (Fsp3) is 0.522. The molecule has 1 aliphatic carbocycles. The van der Waals surface area contributed by atoms with E-state index in [1.807, 2.05) is 6.07 Å². The average molecular weight is 458 g/mol. The van der Waals surface area contributed by atoms with E-state index in [1.165, 1.54) is 18.2 Å². The van der Waals surface area contributed by atoms with Gasteiger partial charge in [0.05, 0.1) is 11.3 Å². The molecule has 172 valence electrons. The molecule has 8 nitrogen and oxygen atoms in total. The Balaban J connectivity index is 1.74. The largest absolute Gasteiger partial charge is 0.384 e. The van der Waals surface area contributed by atoms with Gasteiger partial charge in [-0.1, -0.05) is 26.8 Å². The Morgan fingerprint density at radius 1 is 1.22 bits per heavy atom. The number of nitrogens with zero attached hydrogens (tertiary/aromatic N) is 3. The molecule has 0 saturated carbocycles. The molecule has 1 aliphatic heterocycles. The molecule has 4 rings (SSSR count). The van der Waals surface area contributed by atoms with Crippen molar-refractivity contribution in [2.75, 3.05) is 23.7 Å². The summed E-state index contributed by atoms with van der Waals surface area (Å²) in [5.41, 5.74) is 7.86. The van der Waals surface area contributed by atoms with Crippen molar-refractivity contribution in [3.8, 4) is 0 Å². The highest BCUT2D eigenvalue weighted by molar-refractivity contribution is 7.90. The number of fused-ring (bicyclic) bond motifs is 1. The Morgan fingerprint density at radius 2 is 1.94 bits per heavy atom. The number of sulfonamides is 1. The summed E-state index contributed by atoms with van der Waals surface area (Å²) in [5.74, 6) is 0.564. The van der Waals surface area contributed by atoms with Gasteiger partial charge in [0.1, 0.15) is 11.6 Å². The number of anilines is 2. The molecule has 0 radical (unpaired) electrons. The van der Waals surface area contributed by atoms with Crippen LogP contribution >= 0.6 is 0 Å². The van der Waals surface area contributed by atoms with Crippen LogP contribution in [0.2, 0.25) is 0 Å². The lowest BCUT2D eigenvalue weighted by Gasteiger charge is -2.36. The third-order valence-corrected chi connectivity index (χ3v) is 7.78. The van der Waals surface area contributed by atoms with Crippen molar-refractivity contribution >= 4 is 27.6 Å². The quantitative estimate of drug-likeness (QED) is 0.724. The van der Waals surface area contributed by atoms with E-state index in [2.05, 4.69) is 35.4 Å². The summed E-state index contributed by atoms with van der Waals surface area (Å²) in [6.07, 6.45) is 4.88. The number of rotatable bonds is 4. The molecule has 1 fully saturated rings. The normalized spacial score (nSPS) is 18.8. The Kier molecular flexibility index (Phi) is 5.87. The number of piperidine rings is 1. The van der Waals surface area contributed by atoms with Gasteiger partial charge in [0.15, 0.2) is 5.03 Å². The van der Waals surface area contributed by atoms with Crippen molar-refractivity contribution in [1.29, 1.82) is 0 Å². The van der Waals surface area contributed by atoms with Crippen molar-refractivity contribution in [3.05, 3.63) is 41.1 Å². The number of amides is 1. The van der Waals surface area contributed by atoms with Crippen molar-refractivity contribution in [2.45, 2.75) is 63.3 Å². The third-order valence-electron chi connectivity index (χ3n) is 6.55. The van der Waals surface area contributed by atoms with Gasteiger partial charge < -0.3 is 10.6 Å². The van der Waals surface area contributed by atoms with Crippen LogP contribution in [0.5, 0.6) is 0 Å². The topological polar surface area (TPSA) is 118 Å². The van der Waals surface area contributed by atoms with E-state index in [9.17, 15) is 13.2 Å². The predicted octanol–water partition coefficient (Wildman–Crippen LogP) is 3.03.